The summed E-state index contributed by atoms with van der Waals surface area (Å²) in [4.78, 5) is 10.3. The molecule has 0 saturated heterocycles. The minimum absolute atomic E-state index is 0.0704. The lowest BCUT2D eigenvalue weighted by Crippen LogP contribution is -2.20. The average molecular weight is 256 g/mol. The van der Waals surface area contributed by atoms with Crippen LogP contribution in [0.15, 0.2) is 18.2 Å². The molecule has 1 fully saturated rings. The fraction of sp³-hybridized carbons (Fsp3) is 0.455. The van der Waals surface area contributed by atoms with Crippen molar-refractivity contribution in [3.05, 3.63) is 33.3 Å². The normalized spacial score (nSPS) is 23.6. The predicted molar refractivity (Wildman–Crippen MR) is 67.3 cm³/mol. The molecule has 2 atom stereocenters. The van der Waals surface area contributed by atoms with Crippen LogP contribution in [0.4, 0.5) is 11.4 Å². The summed E-state index contributed by atoms with van der Waals surface area (Å²) in [7, 11) is 0. The maximum absolute atomic E-state index is 10.7. The number of rotatable bonds is 3. The van der Waals surface area contributed by atoms with Crippen molar-refractivity contribution in [2.24, 2.45) is 5.73 Å². The molecule has 0 bridgehead atoms. The second-order valence-corrected chi connectivity index (χ2v) is 4.74. The highest BCUT2D eigenvalue weighted by molar-refractivity contribution is 6.32. The highest BCUT2D eigenvalue weighted by Gasteiger charge is 2.22. The van der Waals surface area contributed by atoms with Crippen molar-refractivity contribution in [2.75, 3.05) is 5.32 Å². The molecule has 0 aromatic heterocycles. The van der Waals surface area contributed by atoms with Crippen LogP contribution in [0, 0.1) is 10.1 Å². The topological polar surface area (TPSA) is 81.2 Å². The highest BCUT2D eigenvalue weighted by Crippen LogP contribution is 2.29. The zero-order valence-corrected chi connectivity index (χ0v) is 9.98. The molecule has 0 radical (unpaired) electrons. The first kappa shape index (κ1) is 12.1. The Labute approximate surface area is 104 Å². The van der Waals surface area contributed by atoms with Gasteiger partial charge < -0.3 is 11.1 Å². The van der Waals surface area contributed by atoms with Crippen LogP contribution >= 0.6 is 11.6 Å². The number of nitro benzene ring substituents is 1. The molecule has 0 heterocycles. The lowest BCUT2D eigenvalue weighted by atomic mass is 10.2. The van der Waals surface area contributed by atoms with Gasteiger partial charge in [-0.3, -0.25) is 10.1 Å². The standard InChI is InChI=1S/C11H14ClN3O2/c12-10-4-3-9(6-11(10)15(16)17)14-8-2-1-7(13)5-8/h3-4,6-8,14H,1-2,5,13H2. The number of anilines is 1. The third kappa shape index (κ3) is 2.87. The first-order valence-corrected chi connectivity index (χ1v) is 5.90. The Morgan fingerprint density at radius 1 is 1.47 bits per heavy atom. The lowest BCUT2D eigenvalue weighted by molar-refractivity contribution is -0.384. The van der Waals surface area contributed by atoms with E-state index in [-0.39, 0.29) is 16.8 Å². The molecule has 2 rings (SSSR count). The number of benzene rings is 1. The van der Waals surface area contributed by atoms with Crippen LogP contribution < -0.4 is 11.1 Å². The van der Waals surface area contributed by atoms with Crippen molar-refractivity contribution < 1.29 is 4.92 Å². The van der Waals surface area contributed by atoms with E-state index in [1.54, 1.807) is 6.07 Å². The Kier molecular flexibility index (Phi) is 3.49. The van der Waals surface area contributed by atoms with Crippen LogP contribution in [-0.4, -0.2) is 17.0 Å². The third-order valence-electron chi connectivity index (χ3n) is 2.99. The molecule has 0 aliphatic heterocycles. The summed E-state index contributed by atoms with van der Waals surface area (Å²) < 4.78 is 0. The van der Waals surface area contributed by atoms with Crippen molar-refractivity contribution in [3.8, 4) is 0 Å². The van der Waals surface area contributed by atoms with Crippen LogP contribution in [0.3, 0.4) is 0 Å². The van der Waals surface area contributed by atoms with E-state index in [2.05, 4.69) is 5.32 Å². The van der Waals surface area contributed by atoms with Crippen molar-refractivity contribution in [3.63, 3.8) is 0 Å². The van der Waals surface area contributed by atoms with Crippen molar-refractivity contribution in [1.29, 1.82) is 0 Å². The molecule has 3 N–H and O–H groups in total. The van der Waals surface area contributed by atoms with Gasteiger partial charge in [0.15, 0.2) is 0 Å². The predicted octanol–water partition coefficient (Wildman–Crippen LogP) is 2.54. The second-order valence-electron chi connectivity index (χ2n) is 4.34. The number of nitrogens with one attached hydrogen (secondary N) is 1. The molecule has 0 amide bonds. The fourth-order valence-corrected chi connectivity index (χ4v) is 2.31. The number of halogens is 1. The molecule has 1 aliphatic rings. The van der Waals surface area contributed by atoms with Gasteiger partial charge in [-0.05, 0) is 31.4 Å². The Balaban J connectivity index is 2.11. The summed E-state index contributed by atoms with van der Waals surface area (Å²) in [5, 5.41) is 14.1. The average Bonchev–Trinajstić information content (AvgIpc) is 2.66. The molecule has 1 aromatic rings. The van der Waals surface area contributed by atoms with E-state index in [4.69, 9.17) is 17.3 Å². The van der Waals surface area contributed by atoms with Gasteiger partial charge in [-0.25, -0.2) is 0 Å². The van der Waals surface area contributed by atoms with E-state index in [0.29, 0.717) is 6.04 Å². The fourth-order valence-electron chi connectivity index (χ4n) is 2.13. The van der Waals surface area contributed by atoms with Gasteiger partial charge in [-0.2, -0.15) is 0 Å². The first-order chi connectivity index (χ1) is 8.06. The van der Waals surface area contributed by atoms with Gasteiger partial charge >= 0.3 is 0 Å². The number of hydrogen-bond donors (Lipinski definition) is 2. The Morgan fingerprint density at radius 2 is 2.24 bits per heavy atom. The number of nitro groups is 1. The molecule has 2 unspecified atom stereocenters. The van der Waals surface area contributed by atoms with E-state index < -0.39 is 4.92 Å². The maximum Gasteiger partial charge on any atom is 0.289 e. The molecule has 1 aliphatic carbocycles. The van der Waals surface area contributed by atoms with Gasteiger partial charge in [0.25, 0.3) is 5.69 Å². The molecule has 0 spiro atoms. The minimum atomic E-state index is -0.478. The summed E-state index contributed by atoms with van der Waals surface area (Å²) in [6, 6.07) is 5.28. The summed E-state index contributed by atoms with van der Waals surface area (Å²) in [6.45, 7) is 0. The van der Waals surface area contributed by atoms with Gasteiger partial charge in [0.05, 0.1) is 4.92 Å². The van der Waals surface area contributed by atoms with Crippen LogP contribution in [0.2, 0.25) is 5.02 Å². The van der Waals surface area contributed by atoms with Gasteiger partial charge in [-0.15, -0.1) is 0 Å². The van der Waals surface area contributed by atoms with E-state index >= 15 is 0 Å². The number of hydrogen-bond acceptors (Lipinski definition) is 4. The first-order valence-electron chi connectivity index (χ1n) is 5.52. The highest BCUT2D eigenvalue weighted by atomic mass is 35.5. The van der Waals surface area contributed by atoms with Gasteiger partial charge in [-0.1, -0.05) is 11.6 Å². The molecule has 5 nitrogen and oxygen atoms in total. The second kappa shape index (κ2) is 4.89. The monoisotopic (exact) mass is 255 g/mol. The number of nitrogens with zero attached hydrogens (tertiary/aromatic N) is 1. The molecule has 6 heteroatoms. The summed E-state index contributed by atoms with van der Waals surface area (Å²) in [5.41, 5.74) is 6.46. The summed E-state index contributed by atoms with van der Waals surface area (Å²) in [6.07, 6.45) is 2.89. The van der Waals surface area contributed by atoms with Crippen molar-refractivity contribution >= 4 is 23.0 Å². The van der Waals surface area contributed by atoms with E-state index in [1.165, 1.54) is 12.1 Å². The van der Waals surface area contributed by atoms with Gasteiger partial charge in [0.1, 0.15) is 5.02 Å². The Bertz CT molecular complexity index is 439. The third-order valence-corrected chi connectivity index (χ3v) is 3.31. The smallest absolute Gasteiger partial charge is 0.289 e. The lowest BCUT2D eigenvalue weighted by Gasteiger charge is -2.13. The molecule has 92 valence electrons. The SMILES string of the molecule is NC1CCC(Nc2ccc(Cl)c([N+](=O)[O-])c2)C1. The van der Waals surface area contributed by atoms with Crippen LogP contribution in [0.5, 0.6) is 0 Å². The molecular weight excluding hydrogens is 242 g/mol. The molecule has 1 saturated carbocycles. The van der Waals surface area contributed by atoms with Crippen LogP contribution in [0.25, 0.3) is 0 Å². The number of nitrogens with two attached hydrogens (primary N) is 1. The zero-order chi connectivity index (χ0) is 12.4. The van der Waals surface area contributed by atoms with Crippen LogP contribution in [-0.2, 0) is 0 Å². The maximum atomic E-state index is 10.7. The summed E-state index contributed by atoms with van der Waals surface area (Å²) >= 11 is 5.74. The van der Waals surface area contributed by atoms with Gasteiger partial charge in [0.2, 0.25) is 0 Å². The Morgan fingerprint density at radius 3 is 2.82 bits per heavy atom. The molecular formula is C11H14ClN3O2. The van der Waals surface area contributed by atoms with Crippen LogP contribution in [0.1, 0.15) is 19.3 Å². The minimum Gasteiger partial charge on any atom is -0.382 e. The zero-order valence-electron chi connectivity index (χ0n) is 9.23. The van der Waals surface area contributed by atoms with Gasteiger partial charge in [0, 0.05) is 23.8 Å². The quantitative estimate of drug-likeness (QED) is 0.642. The van der Waals surface area contributed by atoms with Crippen molar-refractivity contribution in [1.82, 2.24) is 0 Å². The molecule has 1 aromatic carbocycles. The largest absolute Gasteiger partial charge is 0.382 e. The van der Waals surface area contributed by atoms with Crippen molar-refractivity contribution in [2.45, 2.75) is 31.3 Å². The Hall–Kier alpha value is -1.33. The molecule has 17 heavy (non-hydrogen) atoms. The summed E-state index contributed by atoms with van der Waals surface area (Å²) in [5.74, 6) is 0. The van der Waals surface area contributed by atoms with E-state index in [0.717, 1.165) is 24.9 Å². The van der Waals surface area contributed by atoms with E-state index in [9.17, 15) is 10.1 Å². The van der Waals surface area contributed by atoms with E-state index in [1.807, 2.05) is 0 Å².